The van der Waals surface area contributed by atoms with E-state index >= 15 is 0 Å². The molecule has 116 valence electrons. The van der Waals surface area contributed by atoms with Crippen LogP contribution in [-0.2, 0) is 11.2 Å². The number of nitrogens with one attached hydrogen (secondary N) is 1. The Morgan fingerprint density at radius 3 is 2.62 bits per heavy atom. The lowest BCUT2D eigenvalue weighted by atomic mass is 10.1. The molecule has 1 fully saturated rings. The van der Waals surface area contributed by atoms with Gasteiger partial charge in [-0.2, -0.15) is 0 Å². The molecule has 1 saturated heterocycles. The molecule has 1 aliphatic heterocycles. The van der Waals surface area contributed by atoms with Crippen molar-refractivity contribution in [3.63, 3.8) is 0 Å². The molecule has 0 bridgehead atoms. The number of amides is 1. The highest BCUT2D eigenvalue weighted by Gasteiger charge is 2.18. The van der Waals surface area contributed by atoms with E-state index in [-0.39, 0.29) is 5.91 Å². The van der Waals surface area contributed by atoms with Crippen molar-refractivity contribution in [2.45, 2.75) is 51.6 Å². The smallest absolute Gasteiger partial charge is 0.221 e. The van der Waals surface area contributed by atoms with Crippen LogP contribution in [0.25, 0.3) is 0 Å². The second-order valence-electron chi connectivity index (χ2n) is 6.24. The molecule has 1 aromatic carbocycles. The third-order valence-electron chi connectivity index (χ3n) is 4.20. The van der Waals surface area contributed by atoms with E-state index in [0.717, 1.165) is 17.8 Å². The van der Waals surface area contributed by atoms with E-state index in [9.17, 15) is 4.79 Å². The van der Waals surface area contributed by atoms with Gasteiger partial charge in [0.15, 0.2) is 0 Å². The Morgan fingerprint density at radius 2 is 2.00 bits per heavy atom. The van der Waals surface area contributed by atoms with E-state index in [4.69, 9.17) is 5.73 Å². The SMILES string of the molecule is CC(C)N1CCCC(Nc2ccc(CC(N)=O)cc2)CC1. The molecule has 1 aromatic rings. The van der Waals surface area contributed by atoms with Crippen LogP contribution in [0.3, 0.4) is 0 Å². The van der Waals surface area contributed by atoms with Gasteiger partial charge in [-0.1, -0.05) is 12.1 Å². The van der Waals surface area contributed by atoms with Gasteiger partial charge in [0.1, 0.15) is 0 Å². The molecule has 0 spiro atoms. The van der Waals surface area contributed by atoms with Crippen molar-refractivity contribution in [3.8, 4) is 0 Å². The molecule has 1 amide bonds. The molecule has 4 heteroatoms. The lowest BCUT2D eigenvalue weighted by molar-refractivity contribution is -0.117. The Balaban J connectivity index is 1.88. The van der Waals surface area contributed by atoms with Crippen LogP contribution in [-0.4, -0.2) is 36.0 Å². The van der Waals surface area contributed by atoms with Crippen LogP contribution in [0.1, 0.15) is 38.7 Å². The molecule has 0 saturated carbocycles. The molecule has 1 atom stereocenters. The highest BCUT2D eigenvalue weighted by Crippen LogP contribution is 2.18. The summed E-state index contributed by atoms with van der Waals surface area (Å²) in [6, 6.07) is 9.22. The summed E-state index contributed by atoms with van der Waals surface area (Å²) >= 11 is 0. The average Bonchev–Trinajstić information content (AvgIpc) is 2.66. The van der Waals surface area contributed by atoms with Crippen molar-refractivity contribution in [1.82, 2.24) is 4.90 Å². The van der Waals surface area contributed by atoms with Crippen molar-refractivity contribution in [1.29, 1.82) is 0 Å². The van der Waals surface area contributed by atoms with Gasteiger partial charge in [0, 0.05) is 24.3 Å². The number of carbonyl (C=O) groups excluding carboxylic acids is 1. The number of rotatable bonds is 5. The predicted octanol–water partition coefficient (Wildman–Crippen LogP) is 2.39. The molecule has 0 aromatic heterocycles. The van der Waals surface area contributed by atoms with Gasteiger partial charge in [0.2, 0.25) is 5.91 Å². The summed E-state index contributed by atoms with van der Waals surface area (Å²) in [7, 11) is 0. The highest BCUT2D eigenvalue weighted by atomic mass is 16.1. The fourth-order valence-corrected chi connectivity index (χ4v) is 2.94. The van der Waals surface area contributed by atoms with Crippen molar-refractivity contribution in [2.24, 2.45) is 5.73 Å². The number of likely N-dealkylation sites (tertiary alicyclic amines) is 1. The zero-order chi connectivity index (χ0) is 15.2. The molecule has 2 rings (SSSR count). The van der Waals surface area contributed by atoms with Gasteiger partial charge in [-0.25, -0.2) is 0 Å². The fourth-order valence-electron chi connectivity index (χ4n) is 2.94. The Hall–Kier alpha value is -1.55. The van der Waals surface area contributed by atoms with Crippen LogP contribution in [0, 0.1) is 0 Å². The van der Waals surface area contributed by atoms with Gasteiger partial charge in [-0.3, -0.25) is 4.79 Å². The molecular formula is C17H27N3O. The number of primary amides is 1. The van der Waals surface area contributed by atoms with E-state index in [0.29, 0.717) is 18.5 Å². The molecule has 0 aliphatic carbocycles. The van der Waals surface area contributed by atoms with Crippen LogP contribution in [0.2, 0.25) is 0 Å². The van der Waals surface area contributed by atoms with E-state index in [1.54, 1.807) is 0 Å². The number of carbonyl (C=O) groups is 1. The van der Waals surface area contributed by atoms with Crippen molar-refractivity contribution >= 4 is 11.6 Å². The van der Waals surface area contributed by atoms with Gasteiger partial charge in [-0.15, -0.1) is 0 Å². The normalized spacial score (nSPS) is 20.2. The summed E-state index contributed by atoms with van der Waals surface area (Å²) in [5, 5.41) is 3.62. The summed E-state index contributed by atoms with van der Waals surface area (Å²) in [5.41, 5.74) is 7.31. The van der Waals surface area contributed by atoms with Gasteiger partial charge in [0.05, 0.1) is 6.42 Å². The Bertz CT molecular complexity index is 456. The maximum Gasteiger partial charge on any atom is 0.221 e. The second-order valence-corrected chi connectivity index (χ2v) is 6.24. The van der Waals surface area contributed by atoms with E-state index in [2.05, 4.69) is 24.1 Å². The summed E-state index contributed by atoms with van der Waals surface area (Å²) < 4.78 is 0. The Labute approximate surface area is 127 Å². The number of anilines is 1. The van der Waals surface area contributed by atoms with Gasteiger partial charge in [0.25, 0.3) is 0 Å². The third kappa shape index (κ3) is 5.05. The third-order valence-corrected chi connectivity index (χ3v) is 4.20. The monoisotopic (exact) mass is 289 g/mol. The fraction of sp³-hybridized carbons (Fsp3) is 0.588. The van der Waals surface area contributed by atoms with Crippen molar-refractivity contribution in [3.05, 3.63) is 29.8 Å². The minimum Gasteiger partial charge on any atom is -0.382 e. The first-order chi connectivity index (χ1) is 10.0. The number of nitrogens with zero attached hydrogens (tertiary/aromatic N) is 1. The topological polar surface area (TPSA) is 58.4 Å². The van der Waals surface area contributed by atoms with Crippen LogP contribution >= 0.6 is 0 Å². The zero-order valence-corrected chi connectivity index (χ0v) is 13.1. The Morgan fingerprint density at radius 1 is 1.29 bits per heavy atom. The summed E-state index contributed by atoms with van der Waals surface area (Å²) in [6.07, 6.45) is 3.95. The Kier molecular flexibility index (Phi) is 5.62. The second kappa shape index (κ2) is 7.46. The molecular weight excluding hydrogens is 262 g/mol. The van der Waals surface area contributed by atoms with E-state index in [1.807, 2.05) is 24.3 Å². The molecule has 4 nitrogen and oxygen atoms in total. The summed E-state index contributed by atoms with van der Waals surface area (Å²) in [6.45, 7) is 6.90. The molecule has 21 heavy (non-hydrogen) atoms. The molecule has 1 unspecified atom stereocenters. The van der Waals surface area contributed by atoms with Gasteiger partial charge in [-0.05, 0) is 57.4 Å². The first-order valence-corrected chi connectivity index (χ1v) is 7.92. The van der Waals surface area contributed by atoms with Gasteiger partial charge < -0.3 is 16.0 Å². The summed E-state index contributed by atoms with van der Waals surface area (Å²) in [5.74, 6) is -0.284. The number of benzene rings is 1. The highest BCUT2D eigenvalue weighted by molar-refractivity contribution is 5.76. The lowest BCUT2D eigenvalue weighted by Crippen LogP contribution is -2.32. The quantitative estimate of drug-likeness (QED) is 0.875. The average molecular weight is 289 g/mol. The van der Waals surface area contributed by atoms with Crippen molar-refractivity contribution in [2.75, 3.05) is 18.4 Å². The molecule has 3 N–H and O–H groups in total. The maximum atomic E-state index is 10.9. The van der Waals surface area contributed by atoms with E-state index < -0.39 is 0 Å². The number of hydrogen-bond acceptors (Lipinski definition) is 3. The zero-order valence-electron chi connectivity index (χ0n) is 13.1. The van der Waals surface area contributed by atoms with Crippen LogP contribution in [0.5, 0.6) is 0 Å². The van der Waals surface area contributed by atoms with Gasteiger partial charge >= 0.3 is 0 Å². The van der Waals surface area contributed by atoms with Crippen LogP contribution < -0.4 is 11.1 Å². The first kappa shape index (κ1) is 15.8. The predicted molar refractivity (Wildman–Crippen MR) is 87.3 cm³/mol. The standard InChI is InChI=1S/C17H27N3O/c1-13(2)20-10-3-4-15(9-11-20)19-16-7-5-14(6-8-16)12-17(18)21/h5-8,13,15,19H,3-4,9-12H2,1-2H3,(H2,18,21). The first-order valence-electron chi connectivity index (χ1n) is 7.92. The molecule has 1 heterocycles. The van der Waals surface area contributed by atoms with Crippen LogP contribution in [0.15, 0.2) is 24.3 Å². The largest absolute Gasteiger partial charge is 0.382 e. The minimum atomic E-state index is -0.284. The van der Waals surface area contributed by atoms with Crippen LogP contribution in [0.4, 0.5) is 5.69 Å². The maximum absolute atomic E-state index is 10.9. The van der Waals surface area contributed by atoms with Crippen molar-refractivity contribution < 1.29 is 4.79 Å². The number of nitrogens with two attached hydrogens (primary N) is 1. The lowest BCUT2D eigenvalue weighted by Gasteiger charge is -2.24. The molecule has 1 aliphatic rings. The number of hydrogen-bond donors (Lipinski definition) is 2. The van der Waals surface area contributed by atoms with E-state index in [1.165, 1.54) is 25.8 Å². The molecule has 0 radical (unpaired) electrons. The summed E-state index contributed by atoms with van der Waals surface area (Å²) in [4.78, 5) is 13.4. The minimum absolute atomic E-state index is 0.284.